The van der Waals surface area contributed by atoms with Gasteiger partial charge in [0.1, 0.15) is 0 Å². The van der Waals surface area contributed by atoms with E-state index in [1.165, 1.54) is 0 Å². The maximum Gasteiger partial charge on any atom is 0 e. The maximum atomic E-state index is 0. The minimum Gasteiger partial charge on any atom is 0 e. The molecule has 0 aromatic heterocycles. The van der Waals surface area contributed by atoms with Crippen molar-refractivity contribution in [2.24, 2.45) is 0 Å². The van der Waals surface area contributed by atoms with Gasteiger partial charge in [0.05, 0.1) is 0 Å². The summed E-state index contributed by atoms with van der Waals surface area (Å²) < 4.78 is 0. The second-order valence-corrected chi connectivity index (χ2v) is 0. The molecule has 8 heteroatoms. The van der Waals surface area contributed by atoms with Gasteiger partial charge >= 0.3 is 0 Å². The maximum absolute atomic E-state index is 0. The van der Waals surface area contributed by atoms with E-state index in [1.54, 1.807) is 0 Å². The van der Waals surface area contributed by atoms with Crippen LogP contribution < -0.4 is 0 Å². The molecule has 0 aliphatic carbocycles. The van der Waals surface area contributed by atoms with E-state index in [1.807, 2.05) is 0 Å². The molecular weight excluding hydrogens is 1040 g/mol. The van der Waals surface area contributed by atoms with E-state index >= 15 is 0 Å². The van der Waals surface area contributed by atoms with Gasteiger partial charge in [0.2, 0.25) is 0 Å². The molecule has 0 atom stereocenters. The predicted octanol–water partition coefficient (Wildman–Crippen LogP) is -3.05. The first-order valence-corrected chi connectivity index (χ1v) is 0. The van der Waals surface area contributed by atoms with Gasteiger partial charge in [-0.3, -0.25) is 0 Å². The van der Waals surface area contributed by atoms with Crippen LogP contribution in [-0.4, -0.2) is 316 Å². The van der Waals surface area contributed by atoms with E-state index in [0.717, 1.165) is 0 Å². The van der Waals surface area contributed by atoms with Crippen LogP contribution >= 0.6 is 0 Å². The van der Waals surface area contributed by atoms with Gasteiger partial charge in [-0.2, -0.15) is 0 Å². The van der Waals surface area contributed by atoms with E-state index < -0.39 is 0 Å². The molecule has 22 radical (unpaired) electrons. The van der Waals surface area contributed by atoms with Crippen LogP contribution in [0, 0.1) is 0 Å². The van der Waals surface area contributed by atoms with Crippen molar-refractivity contribution in [1.82, 2.24) is 0 Å². The Labute approximate surface area is 303 Å². The SMILES string of the molecule is [Ba].[Ba].[Ba].[Ba].[Ba].[Sn].[Sn].[Sn]. The molecule has 0 bridgehead atoms. The molecule has 0 N–H and O–H groups in total. The van der Waals surface area contributed by atoms with E-state index in [-0.39, 0.29) is 316 Å². The summed E-state index contributed by atoms with van der Waals surface area (Å²) in [7, 11) is 0. The zero-order chi connectivity index (χ0) is 0. The molecular formula is Ba5Sn3. The summed E-state index contributed by atoms with van der Waals surface area (Å²) in [6.45, 7) is 0. The third-order valence-electron chi connectivity index (χ3n) is 0. The van der Waals surface area contributed by atoms with Crippen molar-refractivity contribution in [3.05, 3.63) is 0 Å². The van der Waals surface area contributed by atoms with Crippen LogP contribution in [0.25, 0.3) is 0 Å². The summed E-state index contributed by atoms with van der Waals surface area (Å²) >= 11 is 0. The van der Waals surface area contributed by atoms with Gasteiger partial charge in [-0.25, -0.2) is 0 Å². The van der Waals surface area contributed by atoms with Crippen molar-refractivity contribution in [3.63, 3.8) is 0 Å². The van der Waals surface area contributed by atoms with E-state index in [4.69, 9.17) is 0 Å². The Morgan fingerprint density at radius 2 is 0.250 bits per heavy atom. The van der Waals surface area contributed by atoms with Gasteiger partial charge in [-0.1, -0.05) is 0 Å². The van der Waals surface area contributed by atoms with Crippen molar-refractivity contribution in [2.75, 3.05) is 0 Å². The van der Waals surface area contributed by atoms with Crippen LogP contribution in [0.2, 0.25) is 0 Å². The minimum absolute atomic E-state index is 0. The summed E-state index contributed by atoms with van der Waals surface area (Å²) in [5.41, 5.74) is 0. The first-order valence-electron chi connectivity index (χ1n) is 0. The summed E-state index contributed by atoms with van der Waals surface area (Å²) in [5, 5.41) is 0. The molecule has 0 aliphatic heterocycles. The molecule has 0 fully saturated rings. The Morgan fingerprint density at radius 1 is 0.250 bits per heavy atom. The Kier molecular flexibility index (Phi) is 280. The van der Waals surface area contributed by atoms with Gasteiger partial charge in [0.25, 0.3) is 0 Å². The summed E-state index contributed by atoms with van der Waals surface area (Å²) in [6.07, 6.45) is 0. The standard InChI is InChI=1S/5Ba.3Sn. The summed E-state index contributed by atoms with van der Waals surface area (Å²) in [6, 6.07) is 0. The van der Waals surface area contributed by atoms with Gasteiger partial charge in [0.15, 0.2) is 0 Å². The third-order valence-corrected chi connectivity index (χ3v) is 0. The van der Waals surface area contributed by atoms with E-state index in [2.05, 4.69) is 0 Å². The molecule has 0 spiro atoms. The largest absolute Gasteiger partial charge is 0 e. The van der Waals surface area contributed by atoms with E-state index in [9.17, 15) is 0 Å². The zero-order valence-electron chi connectivity index (χ0n) is 5.04. The molecule has 0 aliphatic rings. The third kappa shape index (κ3) is 36.0. The second kappa shape index (κ2) is 43.4. The van der Waals surface area contributed by atoms with Crippen LogP contribution in [0.4, 0.5) is 0 Å². The molecule has 0 saturated heterocycles. The fraction of sp³-hybridized carbons (Fsp3) is 0. The molecule has 0 saturated carbocycles. The van der Waals surface area contributed by atoms with Crippen molar-refractivity contribution in [3.8, 4) is 0 Å². The molecule has 0 aromatic rings. The van der Waals surface area contributed by atoms with Crippen molar-refractivity contribution < 1.29 is 0 Å². The first-order chi connectivity index (χ1) is 0. The first kappa shape index (κ1) is 51.7. The molecule has 0 amide bonds. The number of rotatable bonds is 0. The molecule has 22 valence electrons. The Morgan fingerprint density at radius 3 is 0.250 bits per heavy atom. The average molecular weight is 1040 g/mol. The summed E-state index contributed by atoms with van der Waals surface area (Å²) in [5.74, 6) is 0. The summed E-state index contributed by atoms with van der Waals surface area (Å²) in [4.78, 5) is 0. The second-order valence-electron chi connectivity index (χ2n) is 0. The number of hydrogen-bond acceptors (Lipinski definition) is 0. The quantitative estimate of drug-likeness (QED) is 0.227. The molecule has 0 aromatic carbocycles. The predicted molar refractivity (Wildman–Crippen MR) is 46.0 cm³/mol. The van der Waals surface area contributed by atoms with Gasteiger partial charge in [-0.15, -0.1) is 0 Å². The zero-order valence-corrected chi connectivity index (χ0v) is 35.8. The van der Waals surface area contributed by atoms with Crippen LogP contribution in [0.1, 0.15) is 0 Å². The Balaban J connectivity index is 0. The number of hydrogen-bond donors (Lipinski definition) is 0. The van der Waals surface area contributed by atoms with Crippen LogP contribution in [-0.2, 0) is 0 Å². The smallest absolute Gasteiger partial charge is 0 e. The minimum atomic E-state index is 0. The monoisotopic (exact) mass is 1050 g/mol. The van der Waals surface area contributed by atoms with Crippen LogP contribution in [0.5, 0.6) is 0 Å². The molecule has 0 nitrogen and oxygen atoms in total. The van der Waals surface area contributed by atoms with Crippen molar-refractivity contribution in [2.45, 2.75) is 0 Å². The van der Waals surface area contributed by atoms with Crippen molar-refractivity contribution >= 4 is 316 Å². The van der Waals surface area contributed by atoms with E-state index in [0.29, 0.717) is 0 Å². The molecule has 0 heterocycles. The van der Waals surface area contributed by atoms with Gasteiger partial charge in [0, 0.05) is 316 Å². The Hall–Kier alpha value is 10.3. The fourth-order valence-electron chi connectivity index (χ4n) is 0. The molecule has 8 heavy (non-hydrogen) atoms. The van der Waals surface area contributed by atoms with Crippen LogP contribution in [0.3, 0.4) is 0 Å². The van der Waals surface area contributed by atoms with Crippen molar-refractivity contribution in [1.29, 1.82) is 0 Å². The molecule has 0 rings (SSSR count). The Bertz CT molecular complexity index is 7.64. The topological polar surface area (TPSA) is 0 Å². The normalized spacial score (nSPS) is 0. The molecule has 0 unspecified atom stereocenters. The van der Waals surface area contributed by atoms with Crippen LogP contribution in [0.15, 0.2) is 0 Å². The van der Waals surface area contributed by atoms with Gasteiger partial charge < -0.3 is 0 Å². The average Bonchev–Trinajstić information content (AvgIpc) is 0. The van der Waals surface area contributed by atoms with Gasteiger partial charge in [-0.05, 0) is 0 Å². The fourth-order valence-corrected chi connectivity index (χ4v) is 0.